The molecular weight excluding hydrogens is 973 g/mol. The fraction of sp³-hybridized carbons (Fsp3) is 0.795. The van der Waals surface area contributed by atoms with Crippen LogP contribution >= 0.6 is 0 Å². The van der Waals surface area contributed by atoms with E-state index < -0.39 is 6.10 Å². The Kier molecular flexibility index (Phi) is 64.7. The van der Waals surface area contributed by atoms with E-state index in [0.717, 1.165) is 103 Å². The van der Waals surface area contributed by atoms with Gasteiger partial charge in [0.2, 0.25) is 0 Å². The number of carbonyl (C=O) groups is 3. The molecule has 0 aliphatic heterocycles. The van der Waals surface area contributed by atoms with Crippen LogP contribution in [0.3, 0.4) is 0 Å². The lowest BCUT2D eigenvalue weighted by atomic mass is 10.0. The van der Waals surface area contributed by atoms with Crippen molar-refractivity contribution in [3.8, 4) is 0 Å². The molecule has 0 saturated heterocycles. The van der Waals surface area contributed by atoms with Crippen LogP contribution in [-0.2, 0) is 28.6 Å². The molecule has 0 aliphatic carbocycles. The highest BCUT2D eigenvalue weighted by Gasteiger charge is 2.19. The van der Waals surface area contributed by atoms with Crippen LogP contribution in [0.1, 0.15) is 355 Å². The summed E-state index contributed by atoms with van der Waals surface area (Å²) in [5, 5.41) is 0. The number of hydrogen-bond donors (Lipinski definition) is 0. The molecule has 0 amide bonds. The largest absolute Gasteiger partial charge is 0.462 e. The van der Waals surface area contributed by atoms with E-state index in [1.165, 1.54) is 212 Å². The standard InChI is InChI=1S/C73H130O6/c1-4-7-10-13-16-19-22-25-28-30-32-34-35-36-37-38-39-40-42-43-45-48-51-54-57-60-63-66-72(75)78-69-70(68-77-71(74)65-62-59-56-53-50-47-27-24-21-18-15-12-9-6-3)79-73(76)67-64-61-58-55-52-49-46-44-41-33-31-29-26-23-20-17-14-11-8-5-2/h7,10,15-16,18-19,24-25,27-28,32,34,70H,4-6,8-9,11-14,17,20-23,26,29-31,33,35-69H2,1-3H3/b10-7-,18-15-,19-16-,27-24-,28-25-,34-32-. The molecule has 0 radical (unpaired) electrons. The second-order valence-electron chi connectivity index (χ2n) is 23.1. The van der Waals surface area contributed by atoms with Gasteiger partial charge in [-0.1, -0.05) is 325 Å². The molecule has 1 atom stereocenters. The monoisotopic (exact) mass is 1100 g/mol. The number of carbonyl (C=O) groups excluding carboxylic acids is 3. The molecule has 458 valence electrons. The molecule has 0 spiro atoms. The lowest BCUT2D eigenvalue weighted by Crippen LogP contribution is -2.30. The van der Waals surface area contributed by atoms with E-state index in [1.54, 1.807) is 0 Å². The third-order valence-corrected chi connectivity index (χ3v) is 15.2. The molecule has 6 nitrogen and oxygen atoms in total. The van der Waals surface area contributed by atoms with Crippen molar-refractivity contribution >= 4 is 17.9 Å². The van der Waals surface area contributed by atoms with E-state index in [9.17, 15) is 14.4 Å². The minimum Gasteiger partial charge on any atom is -0.462 e. The second-order valence-corrected chi connectivity index (χ2v) is 23.1. The summed E-state index contributed by atoms with van der Waals surface area (Å²) in [6.07, 6.45) is 87.8. The van der Waals surface area contributed by atoms with Crippen molar-refractivity contribution in [2.75, 3.05) is 13.2 Å². The van der Waals surface area contributed by atoms with Gasteiger partial charge in [-0.25, -0.2) is 0 Å². The summed E-state index contributed by atoms with van der Waals surface area (Å²) < 4.78 is 17.0. The Morgan fingerprint density at radius 2 is 0.506 bits per heavy atom. The molecule has 0 N–H and O–H groups in total. The second kappa shape index (κ2) is 67.4. The molecule has 0 aromatic carbocycles. The summed E-state index contributed by atoms with van der Waals surface area (Å²) in [6.45, 7) is 6.53. The highest BCUT2D eigenvalue weighted by Crippen LogP contribution is 2.18. The maximum Gasteiger partial charge on any atom is 0.306 e. The molecule has 0 aromatic heterocycles. The Balaban J connectivity index is 4.26. The summed E-state index contributed by atoms with van der Waals surface area (Å²) >= 11 is 0. The van der Waals surface area contributed by atoms with Crippen LogP contribution < -0.4 is 0 Å². The average Bonchev–Trinajstić information content (AvgIpc) is 3.45. The highest BCUT2D eigenvalue weighted by molar-refractivity contribution is 5.71. The van der Waals surface area contributed by atoms with Crippen LogP contribution in [0, 0.1) is 0 Å². The Morgan fingerprint density at radius 3 is 0.810 bits per heavy atom. The summed E-state index contributed by atoms with van der Waals surface area (Å²) in [5.41, 5.74) is 0. The topological polar surface area (TPSA) is 78.9 Å². The van der Waals surface area contributed by atoms with Gasteiger partial charge in [0.25, 0.3) is 0 Å². The first kappa shape index (κ1) is 75.8. The number of ether oxygens (including phenoxy) is 3. The summed E-state index contributed by atoms with van der Waals surface area (Å²) in [6, 6.07) is 0. The van der Waals surface area contributed by atoms with Crippen LogP contribution in [0.5, 0.6) is 0 Å². The van der Waals surface area contributed by atoms with Crippen molar-refractivity contribution in [2.24, 2.45) is 0 Å². The first-order chi connectivity index (χ1) is 39.0. The summed E-state index contributed by atoms with van der Waals surface area (Å²) in [5.74, 6) is -0.869. The molecule has 1 unspecified atom stereocenters. The van der Waals surface area contributed by atoms with Gasteiger partial charge < -0.3 is 14.2 Å². The van der Waals surface area contributed by atoms with E-state index >= 15 is 0 Å². The van der Waals surface area contributed by atoms with Crippen LogP contribution in [0.2, 0.25) is 0 Å². The van der Waals surface area contributed by atoms with Gasteiger partial charge in [0.1, 0.15) is 13.2 Å². The molecule has 6 heteroatoms. The number of rotatable bonds is 63. The van der Waals surface area contributed by atoms with Crippen LogP contribution in [0.15, 0.2) is 72.9 Å². The van der Waals surface area contributed by atoms with E-state index in [2.05, 4.69) is 93.7 Å². The zero-order valence-corrected chi connectivity index (χ0v) is 52.6. The fourth-order valence-electron chi connectivity index (χ4n) is 10.0. The van der Waals surface area contributed by atoms with Crippen LogP contribution in [0.4, 0.5) is 0 Å². The van der Waals surface area contributed by atoms with Gasteiger partial charge in [-0.3, -0.25) is 14.4 Å². The van der Waals surface area contributed by atoms with Crippen molar-refractivity contribution < 1.29 is 28.6 Å². The van der Waals surface area contributed by atoms with E-state index in [-0.39, 0.29) is 31.1 Å². The minimum absolute atomic E-state index is 0.0760. The van der Waals surface area contributed by atoms with Gasteiger partial charge in [-0.05, 0) is 83.5 Å². The first-order valence-electron chi connectivity index (χ1n) is 34.4. The summed E-state index contributed by atoms with van der Waals surface area (Å²) in [7, 11) is 0. The van der Waals surface area contributed by atoms with Gasteiger partial charge in [-0.2, -0.15) is 0 Å². The van der Waals surface area contributed by atoms with Crippen molar-refractivity contribution in [1.29, 1.82) is 0 Å². The van der Waals surface area contributed by atoms with Crippen LogP contribution in [-0.4, -0.2) is 37.2 Å². The Labute approximate surface area is 491 Å². The molecule has 0 aliphatic rings. The van der Waals surface area contributed by atoms with Gasteiger partial charge in [0, 0.05) is 19.3 Å². The van der Waals surface area contributed by atoms with Crippen LogP contribution in [0.25, 0.3) is 0 Å². The molecule has 0 rings (SSSR count). The summed E-state index contributed by atoms with van der Waals surface area (Å²) in [4.78, 5) is 38.4. The predicted octanol–water partition coefficient (Wildman–Crippen LogP) is 23.7. The lowest BCUT2D eigenvalue weighted by Gasteiger charge is -2.18. The molecule has 0 bridgehead atoms. The number of allylic oxidation sites excluding steroid dienone is 12. The van der Waals surface area contributed by atoms with Crippen molar-refractivity contribution in [3.05, 3.63) is 72.9 Å². The van der Waals surface area contributed by atoms with E-state index in [4.69, 9.17) is 14.2 Å². The van der Waals surface area contributed by atoms with Gasteiger partial charge in [0.05, 0.1) is 0 Å². The minimum atomic E-state index is -0.780. The van der Waals surface area contributed by atoms with Gasteiger partial charge in [0.15, 0.2) is 6.10 Å². The highest BCUT2D eigenvalue weighted by atomic mass is 16.6. The van der Waals surface area contributed by atoms with Gasteiger partial charge in [-0.15, -0.1) is 0 Å². The quantitative estimate of drug-likeness (QED) is 0.0261. The SMILES string of the molecule is CC/C=C\C/C=C\C/C=C\C/C=C\CCCCCCCCCCCCCCCCC(=O)OCC(COC(=O)CCCCCCC/C=C\C/C=C\CCCC)OC(=O)CCCCCCCCCCCCCCCCCCCCCC. The third-order valence-electron chi connectivity index (χ3n) is 15.2. The maximum atomic E-state index is 12.9. The smallest absolute Gasteiger partial charge is 0.306 e. The first-order valence-corrected chi connectivity index (χ1v) is 34.4. The predicted molar refractivity (Wildman–Crippen MR) is 344 cm³/mol. The maximum absolute atomic E-state index is 12.9. The van der Waals surface area contributed by atoms with Crippen molar-refractivity contribution in [3.63, 3.8) is 0 Å². The lowest BCUT2D eigenvalue weighted by molar-refractivity contribution is -0.167. The number of esters is 3. The Morgan fingerprint density at radius 1 is 0.266 bits per heavy atom. The average molecular weight is 1100 g/mol. The zero-order chi connectivity index (χ0) is 57.1. The van der Waals surface area contributed by atoms with Crippen molar-refractivity contribution in [2.45, 2.75) is 361 Å². The number of unbranched alkanes of at least 4 members (excludes halogenated alkanes) is 40. The number of hydrogen-bond acceptors (Lipinski definition) is 6. The Bertz CT molecular complexity index is 1450. The molecule has 0 aromatic rings. The molecule has 0 heterocycles. The molecule has 79 heavy (non-hydrogen) atoms. The van der Waals surface area contributed by atoms with Gasteiger partial charge >= 0.3 is 17.9 Å². The Hall–Kier alpha value is -3.15. The van der Waals surface area contributed by atoms with E-state index in [1.807, 2.05) is 0 Å². The van der Waals surface area contributed by atoms with Crippen molar-refractivity contribution in [1.82, 2.24) is 0 Å². The fourth-order valence-corrected chi connectivity index (χ4v) is 10.0. The van der Waals surface area contributed by atoms with E-state index in [0.29, 0.717) is 19.3 Å². The molecular formula is C73H130O6. The molecule has 0 saturated carbocycles. The zero-order valence-electron chi connectivity index (χ0n) is 52.6. The molecule has 0 fully saturated rings. The third kappa shape index (κ3) is 65.5. The normalized spacial score (nSPS) is 12.5.